The van der Waals surface area contributed by atoms with Crippen LogP contribution in [0.4, 0.5) is 0 Å². The Bertz CT molecular complexity index is 804. The van der Waals surface area contributed by atoms with Gasteiger partial charge in [-0.2, -0.15) is 0 Å². The number of nitrogens with zero attached hydrogens (tertiary/aromatic N) is 1. The first-order chi connectivity index (χ1) is 12.6. The quantitative estimate of drug-likeness (QED) is 0.485. The summed E-state index contributed by atoms with van der Waals surface area (Å²) in [5.41, 5.74) is 2.90. The summed E-state index contributed by atoms with van der Waals surface area (Å²) >= 11 is 5.36. The average molecular weight is 387 g/mol. The number of amides is 1. The lowest BCUT2D eigenvalue weighted by atomic mass is 9.85. The summed E-state index contributed by atoms with van der Waals surface area (Å²) in [6.45, 7) is 13.2. The monoisotopic (exact) mass is 386 g/mol. The zero-order chi connectivity index (χ0) is 20.4. The van der Waals surface area contributed by atoms with E-state index in [1.165, 1.54) is 17.9 Å². The number of allylic oxidation sites excluding steroid dienone is 1. The fraction of sp³-hybridized carbons (Fsp3) is 0.381. The van der Waals surface area contributed by atoms with Crippen molar-refractivity contribution < 1.29 is 14.3 Å². The van der Waals surface area contributed by atoms with Gasteiger partial charge in [-0.1, -0.05) is 57.7 Å². The van der Waals surface area contributed by atoms with E-state index in [-0.39, 0.29) is 23.0 Å². The van der Waals surface area contributed by atoms with Gasteiger partial charge < -0.3 is 10.1 Å². The molecule has 1 aliphatic rings. The largest absolute Gasteiger partial charge is 0.458 e. The Labute approximate surface area is 166 Å². The van der Waals surface area contributed by atoms with Gasteiger partial charge >= 0.3 is 5.97 Å². The maximum Gasteiger partial charge on any atom is 0.338 e. The molecule has 1 atom stereocenters. The molecule has 0 aromatic heterocycles. The molecule has 2 rings (SSSR count). The number of benzene rings is 1. The van der Waals surface area contributed by atoms with E-state index in [1.807, 2.05) is 24.3 Å². The lowest BCUT2D eigenvalue weighted by Crippen LogP contribution is -2.50. The van der Waals surface area contributed by atoms with Crippen molar-refractivity contribution in [3.63, 3.8) is 0 Å². The highest BCUT2D eigenvalue weighted by Crippen LogP contribution is 2.35. The molecule has 0 bridgehead atoms. The summed E-state index contributed by atoms with van der Waals surface area (Å²) in [4.78, 5) is 26.4. The SMILES string of the molecule is C=CCOC(=O)C1=C(C)NC(=S)N(C(C)=O)C1c1ccc(C(C)(C)C)cc1. The van der Waals surface area contributed by atoms with E-state index in [0.717, 1.165) is 11.1 Å². The first-order valence-electron chi connectivity index (χ1n) is 8.78. The van der Waals surface area contributed by atoms with Crippen molar-refractivity contribution in [2.75, 3.05) is 6.61 Å². The van der Waals surface area contributed by atoms with Crippen molar-refractivity contribution in [1.82, 2.24) is 10.2 Å². The number of rotatable bonds is 4. The second-order valence-electron chi connectivity index (χ2n) is 7.52. The van der Waals surface area contributed by atoms with E-state index in [0.29, 0.717) is 11.3 Å². The highest BCUT2D eigenvalue weighted by atomic mass is 32.1. The fourth-order valence-corrected chi connectivity index (χ4v) is 3.41. The summed E-state index contributed by atoms with van der Waals surface area (Å²) < 4.78 is 5.26. The molecule has 5 nitrogen and oxygen atoms in total. The zero-order valence-corrected chi connectivity index (χ0v) is 17.3. The zero-order valence-electron chi connectivity index (χ0n) is 16.5. The molecule has 1 amide bonds. The van der Waals surface area contributed by atoms with E-state index in [1.54, 1.807) is 6.92 Å². The Morgan fingerprint density at radius 1 is 1.30 bits per heavy atom. The average Bonchev–Trinajstić information content (AvgIpc) is 2.58. The number of hydrogen-bond donors (Lipinski definition) is 1. The van der Waals surface area contributed by atoms with Crippen LogP contribution in [-0.4, -0.2) is 28.5 Å². The Hall–Kier alpha value is -2.47. The van der Waals surface area contributed by atoms with Gasteiger partial charge in [0.2, 0.25) is 5.91 Å². The predicted molar refractivity (Wildman–Crippen MR) is 110 cm³/mol. The summed E-state index contributed by atoms with van der Waals surface area (Å²) in [7, 11) is 0. The van der Waals surface area contributed by atoms with Crippen LogP contribution in [0, 0.1) is 0 Å². The van der Waals surface area contributed by atoms with Gasteiger partial charge in [-0.15, -0.1) is 0 Å². The number of esters is 1. The van der Waals surface area contributed by atoms with Crippen molar-refractivity contribution in [2.45, 2.75) is 46.1 Å². The van der Waals surface area contributed by atoms with Crippen LogP contribution in [0.3, 0.4) is 0 Å². The Balaban J connectivity index is 2.57. The molecule has 0 fully saturated rings. The second kappa shape index (κ2) is 8.05. The minimum Gasteiger partial charge on any atom is -0.458 e. The van der Waals surface area contributed by atoms with E-state index in [4.69, 9.17) is 17.0 Å². The van der Waals surface area contributed by atoms with E-state index >= 15 is 0 Å². The third kappa shape index (κ3) is 4.45. The molecule has 6 heteroatoms. The Kier molecular flexibility index (Phi) is 6.21. The van der Waals surface area contributed by atoms with Gasteiger partial charge in [0, 0.05) is 12.6 Å². The van der Waals surface area contributed by atoms with Gasteiger partial charge in [0.15, 0.2) is 5.11 Å². The predicted octanol–water partition coefficient (Wildman–Crippen LogP) is 3.77. The number of ether oxygens (including phenoxy) is 1. The van der Waals surface area contributed by atoms with Crippen molar-refractivity contribution in [3.05, 3.63) is 59.3 Å². The first kappa shape index (κ1) is 20.8. The molecule has 1 aliphatic heterocycles. The molecular weight excluding hydrogens is 360 g/mol. The number of thiocarbonyl (C=S) groups is 1. The molecule has 0 radical (unpaired) electrons. The van der Waals surface area contributed by atoms with Gasteiger partial charge in [0.05, 0.1) is 11.6 Å². The van der Waals surface area contributed by atoms with Crippen molar-refractivity contribution in [1.29, 1.82) is 0 Å². The maximum atomic E-state index is 12.7. The molecule has 0 aliphatic carbocycles. The lowest BCUT2D eigenvalue weighted by Gasteiger charge is -2.38. The Morgan fingerprint density at radius 3 is 2.37 bits per heavy atom. The molecule has 144 valence electrons. The molecule has 0 saturated heterocycles. The number of carbonyl (C=O) groups excluding carboxylic acids is 2. The molecule has 0 spiro atoms. The highest BCUT2D eigenvalue weighted by molar-refractivity contribution is 7.80. The molecule has 0 saturated carbocycles. The lowest BCUT2D eigenvalue weighted by molar-refractivity contribution is -0.139. The third-order valence-electron chi connectivity index (χ3n) is 4.43. The van der Waals surface area contributed by atoms with Crippen LogP contribution in [0.2, 0.25) is 0 Å². The van der Waals surface area contributed by atoms with Crippen LogP contribution >= 0.6 is 12.2 Å². The minimum atomic E-state index is -0.636. The van der Waals surface area contributed by atoms with E-state index in [2.05, 4.69) is 32.7 Å². The van der Waals surface area contributed by atoms with Crippen molar-refractivity contribution >= 4 is 29.2 Å². The van der Waals surface area contributed by atoms with Gasteiger partial charge in [0.1, 0.15) is 6.61 Å². The maximum absolute atomic E-state index is 12.7. The first-order valence-corrected chi connectivity index (χ1v) is 9.18. The van der Waals surface area contributed by atoms with Crippen LogP contribution < -0.4 is 5.32 Å². The van der Waals surface area contributed by atoms with Gasteiger partial charge in [-0.25, -0.2) is 4.79 Å². The molecule has 1 N–H and O–H groups in total. The van der Waals surface area contributed by atoms with Gasteiger partial charge in [-0.3, -0.25) is 9.69 Å². The summed E-state index contributed by atoms with van der Waals surface area (Å²) in [6.07, 6.45) is 1.50. The van der Waals surface area contributed by atoms with Crippen LogP contribution in [0.25, 0.3) is 0 Å². The number of hydrogen-bond acceptors (Lipinski definition) is 4. The van der Waals surface area contributed by atoms with Crippen LogP contribution in [0.5, 0.6) is 0 Å². The van der Waals surface area contributed by atoms with Crippen LogP contribution in [0.15, 0.2) is 48.2 Å². The molecule has 27 heavy (non-hydrogen) atoms. The highest BCUT2D eigenvalue weighted by Gasteiger charge is 2.39. The molecule has 1 aromatic rings. The van der Waals surface area contributed by atoms with Gasteiger partial charge in [-0.05, 0) is 35.7 Å². The summed E-state index contributed by atoms with van der Waals surface area (Å²) in [5, 5.41) is 3.21. The van der Waals surface area contributed by atoms with Crippen molar-refractivity contribution in [2.24, 2.45) is 0 Å². The molecular formula is C21H26N2O3S. The normalized spacial score (nSPS) is 17.4. The topological polar surface area (TPSA) is 58.6 Å². The minimum absolute atomic E-state index is 0.000306. The van der Waals surface area contributed by atoms with E-state index < -0.39 is 12.0 Å². The van der Waals surface area contributed by atoms with Gasteiger partial charge in [0.25, 0.3) is 0 Å². The molecule has 1 unspecified atom stereocenters. The summed E-state index contributed by atoms with van der Waals surface area (Å²) in [6, 6.07) is 7.26. The summed E-state index contributed by atoms with van der Waals surface area (Å²) in [5.74, 6) is -0.752. The van der Waals surface area contributed by atoms with Crippen LogP contribution in [0.1, 0.15) is 51.8 Å². The fourth-order valence-electron chi connectivity index (χ4n) is 3.02. The molecule has 1 heterocycles. The standard InChI is InChI=1S/C21H26N2O3S/c1-7-12-26-19(25)17-13(2)22-20(27)23(14(3)24)18(17)15-8-10-16(11-9-15)21(4,5)6/h7-11,18H,1,12H2,2-6H3,(H,22,27). The van der Waals surface area contributed by atoms with Crippen LogP contribution in [-0.2, 0) is 19.7 Å². The second-order valence-corrected chi connectivity index (χ2v) is 7.91. The number of nitrogens with one attached hydrogen (secondary N) is 1. The van der Waals surface area contributed by atoms with Crippen molar-refractivity contribution in [3.8, 4) is 0 Å². The Morgan fingerprint density at radius 2 is 1.89 bits per heavy atom. The van der Waals surface area contributed by atoms with E-state index in [9.17, 15) is 9.59 Å². The third-order valence-corrected chi connectivity index (χ3v) is 4.73. The number of carbonyl (C=O) groups is 2. The smallest absolute Gasteiger partial charge is 0.338 e. The molecule has 1 aromatic carbocycles.